The molecule has 0 amide bonds. The van der Waals surface area contributed by atoms with Crippen LogP contribution in [0.3, 0.4) is 0 Å². The molecule has 3 unspecified atom stereocenters. The number of nitrogens with two attached hydrogens (primary N) is 1. The standard InChI is InChI=1S/C16H25FN2/c1-10-7-11(2)13(4)19(9-10)16-6-5-14(17)8-15(16)12(3)18/h5-6,8,10-13H,7,9,18H2,1-4H3/t10?,11?,12-,13?/m1/s1. The number of piperidine rings is 1. The van der Waals surface area contributed by atoms with E-state index >= 15 is 0 Å². The largest absolute Gasteiger partial charge is 0.368 e. The molecular formula is C16H25FN2. The highest BCUT2D eigenvalue weighted by atomic mass is 19.1. The Morgan fingerprint density at radius 3 is 2.63 bits per heavy atom. The fourth-order valence-corrected chi connectivity index (χ4v) is 3.18. The van der Waals surface area contributed by atoms with Crippen LogP contribution >= 0.6 is 0 Å². The molecule has 1 fully saturated rings. The molecule has 2 N–H and O–H groups in total. The number of benzene rings is 1. The van der Waals surface area contributed by atoms with Crippen LogP contribution in [0.15, 0.2) is 18.2 Å². The SMILES string of the molecule is CC1CC(C)C(C)N(c2ccc(F)cc2[C@@H](C)N)C1. The number of halogens is 1. The molecule has 0 spiro atoms. The normalized spacial score (nSPS) is 29.4. The summed E-state index contributed by atoms with van der Waals surface area (Å²) in [4.78, 5) is 2.40. The molecule has 0 bridgehead atoms. The van der Waals surface area contributed by atoms with Crippen molar-refractivity contribution in [2.45, 2.75) is 46.2 Å². The van der Waals surface area contributed by atoms with Crippen molar-refractivity contribution < 1.29 is 4.39 Å². The topological polar surface area (TPSA) is 29.3 Å². The van der Waals surface area contributed by atoms with Crippen LogP contribution in [0.5, 0.6) is 0 Å². The summed E-state index contributed by atoms with van der Waals surface area (Å²) >= 11 is 0. The van der Waals surface area contributed by atoms with Crippen LogP contribution in [0.1, 0.15) is 45.7 Å². The molecule has 0 radical (unpaired) electrons. The van der Waals surface area contributed by atoms with Gasteiger partial charge in [-0.1, -0.05) is 13.8 Å². The van der Waals surface area contributed by atoms with E-state index < -0.39 is 0 Å². The summed E-state index contributed by atoms with van der Waals surface area (Å²) in [5.41, 5.74) is 8.02. The number of anilines is 1. The maximum Gasteiger partial charge on any atom is 0.123 e. The van der Waals surface area contributed by atoms with E-state index in [-0.39, 0.29) is 11.9 Å². The van der Waals surface area contributed by atoms with Crippen LogP contribution in [0, 0.1) is 17.7 Å². The van der Waals surface area contributed by atoms with Gasteiger partial charge in [-0.2, -0.15) is 0 Å². The Balaban J connectivity index is 2.39. The molecule has 0 aromatic heterocycles. The molecule has 106 valence electrons. The second-order valence-corrected chi connectivity index (χ2v) is 6.20. The maximum absolute atomic E-state index is 13.5. The van der Waals surface area contributed by atoms with Crippen molar-refractivity contribution >= 4 is 5.69 Å². The molecule has 19 heavy (non-hydrogen) atoms. The predicted molar refractivity (Wildman–Crippen MR) is 78.8 cm³/mol. The molecule has 2 rings (SSSR count). The maximum atomic E-state index is 13.5. The summed E-state index contributed by atoms with van der Waals surface area (Å²) in [6.45, 7) is 9.77. The fraction of sp³-hybridized carbons (Fsp3) is 0.625. The predicted octanol–water partition coefficient (Wildman–Crippen LogP) is 3.72. The average molecular weight is 264 g/mol. The van der Waals surface area contributed by atoms with Gasteiger partial charge in [0.25, 0.3) is 0 Å². The fourth-order valence-electron chi connectivity index (χ4n) is 3.18. The van der Waals surface area contributed by atoms with E-state index in [4.69, 9.17) is 5.73 Å². The van der Waals surface area contributed by atoms with Gasteiger partial charge in [-0.3, -0.25) is 0 Å². The Hall–Kier alpha value is -1.09. The Morgan fingerprint density at radius 1 is 1.32 bits per heavy atom. The minimum absolute atomic E-state index is 0.148. The van der Waals surface area contributed by atoms with Gasteiger partial charge in [-0.15, -0.1) is 0 Å². The summed E-state index contributed by atoms with van der Waals surface area (Å²) < 4.78 is 13.5. The van der Waals surface area contributed by atoms with Crippen molar-refractivity contribution in [1.29, 1.82) is 0 Å². The number of hydrogen-bond acceptors (Lipinski definition) is 2. The van der Waals surface area contributed by atoms with E-state index in [1.54, 1.807) is 6.07 Å². The zero-order valence-corrected chi connectivity index (χ0v) is 12.4. The monoisotopic (exact) mass is 264 g/mol. The van der Waals surface area contributed by atoms with Gasteiger partial charge in [0, 0.05) is 24.3 Å². The minimum Gasteiger partial charge on any atom is -0.368 e. The van der Waals surface area contributed by atoms with Crippen LogP contribution in [0.25, 0.3) is 0 Å². The van der Waals surface area contributed by atoms with E-state index in [9.17, 15) is 4.39 Å². The lowest BCUT2D eigenvalue weighted by Crippen LogP contribution is -2.46. The summed E-state index contributed by atoms with van der Waals surface area (Å²) in [5, 5.41) is 0. The van der Waals surface area contributed by atoms with Crippen molar-refractivity contribution in [2.24, 2.45) is 17.6 Å². The molecule has 1 heterocycles. The third-order valence-electron chi connectivity index (χ3n) is 4.39. The smallest absolute Gasteiger partial charge is 0.123 e. The molecule has 3 heteroatoms. The van der Waals surface area contributed by atoms with Crippen molar-refractivity contribution in [2.75, 3.05) is 11.4 Å². The number of rotatable bonds is 2. The molecule has 0 aliphatic carbocycles. The Morgan fingerprint density at radius 2 is 2.00 bits per heavy atom. The quantitative estimate of drug-likeness (QED) is 0.882. The van der Waals surface area contributed by atoms with E-state index in [1.165, 1.54) is 12.5 Å². The minimum atomic E-state index is -0.207. The number of nitrogens with zero attached hydrogens (tertiary/aromatic N) is 1. The summed E-state index contributed by atoms with van der Waals surface area (Å²) in [5.74, 6) is 1.11. The lowest BCUT2D eigenvalue weighted by Gasteiger charge is -2.43. The highest BCUT2D eigenvalue weighted by molar-refractivity contribution is 5.56. The molecule has 1 aromatic carbocycles. The Labute approximate surface area is 115 Å². The van der Waals surface area contributed by atoms with Crippen molar-refractivity contribution in [3.63, 3.8) is 0 Å². The van der Waals surface area contributed by atoms with Gasteiger partial charge < -0.3 is 10.6 Å². The van der Waals surface area contributed by atoms with E-state index in [0.717, 1.165) is 17.8 Å². The molecule has 4 atom stereocenters. The van der Waals surface area contributed by atoms with Crippen molar-refractivity contribution in [3.8, 4) is 0 Å². The third kappa shape index (κ3) is 2.92. The van der Waals surface area contributed by atoms with Crippen molar-refractivity contribution in [1.82, 2.24) is 0 Å². The molecule has 1 aromatic rings. The van der Waals surface area contributed by atoms with Crippen LogP contribution in [-0.2, 0) is 0 Å². The third-order valence-corrected chi connectivity index (χ3v) is 4.39. The molecule has 2 nitrogen and oxygen atoms in total. The Bertz CT molecular complexity index is 444. The Kier molecular flexibility index (Phi) is 4.14. The van der Waals surface area contributed by atoms with E-state index in [0.29, 0.717) is 17.9 Å². The molecule has 1 aliphatic rings. The van der Waals surface area contributed by atoms with Gasteiger partial charge in [0.15, 0.2) is 0 Å². The van der Waals surface area contributed by atoms with Crippen LogP contribution in [0.4, 0.5) is 10.1 Å². The van der Waals surface area contributed by atoms with E-state index in [2.05, 4.69) is 25.7 Å². The molecule has 1 aliphatic heterocycles. The highest BCUT2D eigenvalue weighted by Gasteiger charge is 2.30. The summed E-state index contributed by atoms with van der Waals surface area (Å²) in [7, 11) is 0. The average Bonchev–Trinajstić information content (AvgIpc) is 2.34. The first-order chi connectivity index (χ1) is 8.90. The van der Waals surface area contributed by atoms with Gasteiger partial charge in [0.05, 0.1) is 0 Å². The van der Waals surface area contributed by atoms with Gasteiger partial charge >= 0.3 is 0 Å². The van der Waals surface area contributed by atoms with E-state index in [1.807, 2.05) is 13.0 Å². The zero-order chi connectivity index (χ0) is 14.2. The lowest BCUT2D eigenvalue weighted by atomic mass is 9.85. The number of hydrogen-bond donors (Lipinski definition) is 1. The van der Waals surface area contributed by atoms with Gasteiger partial charge in [0.1, 0.15) is 5.82 Å². The zero-order valence-electron chi connectivity index (χ0n) is 12.4. The van der Waals surface area contributed by atoms with Crippen molar-refractivity contribution in [3.05, 3.63) is 29.6 Å². The molecule has 0 saturated carbocycles. The van der Waals surface area contributed by atoms with Gasteiger partial charge in [-0.05, 0) is 55.9 Å². The van der Waals surface area contributed by atoms with Gasteiger partial charge in [0.2, 0.25) is 0 Å². The molecular weight excluding hydrogens is 239 g/mol. The first kappa shape index (κ1) is 14.3. The lowest BCUT2D eigenvalue weighted by molar-refractivity contribution is 0.296. The van der Waals surface area contributed by atoms with Crippen LogP contribution in [0.2, 0.25) is 0 Å². The first-order valence-corrected chi connectivity index (χ1v) is 7.21. The molecule has 1 saturated heterocycles. The summed E-state index contributed by atoms with van der Waals surface area (Å²) in [6, 6.07) is 5.33. The summed E-state index contributed by atoms with van der Waals surface area (Å²) in [6.07, 6.45) is 1.26. The first-order valence-electron chi connectivity index (χ1n) is 7.21. The highest BCUT2D eigenvalue weighted by Crippen LogP contribution is 2.35. The van der Waals surface area contributed by atoms with Crippen LogP contribution in [-0.4, -0.2) is 12.6 Å². The second kappa shape index (κ2) is 5.49. The second-order valence-electron chi connectivity index (χ2n) is 6.20. The van der Waals surface area contributed by atoms with Crippen LogP contribution < -0.4 is 10.6 Å². The van der Waals surface area contributed by atoms with Gasteiger partial charge in [-0.25, -0.2) is 4.39 Å².